The number of carbonyl (C=O) groups excluding carboxylic acids is 4. The number of aliphatic hydroxyl groups excluding tert-OH is 1. The van der Waals surface area contributed by atoms with Crippen molar-refractivity contribution in [3.8, 4) is 0 Å². The standard InChI is InChI=1S/C71H138O17P2/c1-7-9-11-13-15-17-18-19-22-25-30-36-42-48-54-69(74)82-60-67(87-70(75)55-49-43-37-31-26-23-20-21-24-28-33-39-45-51-63(3)4)62-86-90(79,80)84-58-65(72)57-83-89(77,78)85-61-66(59-81-68(73)53-47-41-35-16-14-12-10-8-2)88-71(76)56-50-44-38-32-27-29-34-40-46-52-64(5)6/h63-67,72H,7-62H2,1-6H3,(H,77,78)(H,79,80)/t65-,66+,67+/m0/s1. The van der Waals surface area contributed by atoms with Crippen LogP contribution in [0.1, 0.15) is 363 Å². The third-order valence-electron chi connectivity index (χ3n) is 16.5. The van der Waals surface area contributed by atoms with E-state index in [9.17, 15) is 43.2 Å². The van der Waals surface area contributed by atoms with Crippen LogP contribution in [-0.2, 0) is 65.4 Å². The normalized spacial score (nSPS) is 14.1. The Morgan fingerprint density at radius 3 is 0.756 bits per heavy atom. The molecule has 0 aromatic carbocycles. The summed E-state index contributed by atoms with van der Waals surface area (Å²) in [6.45, 7) is 9.53. The monoisotopic (exact) mass is 1320 g/mol. The Bertz CT molecular complexity index is 1750. The highest BCUT2D eigenvalue weighted by molar-refractivity contribution is 7.47. The predicted octanol–water partition coefficient (Wildman–Crippen LogP) is 20.4. The summed E-state index contributed by atoms with van der Waals surface area (Å²) >= 11 is 0. The van der Waals surface area contributed by atoms with Gasteiger partial charge in [0.05, 0.1) is 26.4 Å². The third-order valence-corrected chi connectivity index (χ3v) is 18.4. The van der Waals surface area contributed by atoms with E-state index in [2.05, 4.69) is 41.5 Å². The van der Waals surface area contributed by atoms with Gasteiger partial charge in [-0.25, -0.2) is 9.13 Å². The maximum absolute atomic E-state index is 13.0. The van der Waals surface area contributed by atoms with Crippen molar-refractivity contribution < 1.29 is 80.2 Å². The zero-order valence-electron chi connectivity index (χ0n) is 58.4. The number of carbonyl (C=O) groups is 4. The van der Waals surface area contributed by atoms with Crippen molar-refractivity contribution in [3.63, 3.8) is 0 Å². The van der Waals surface area contributed by atoms with Crippen molar-refractivity contribution in [3.05, 3.63) is 0 Å². The highest BCUT2D eigenvalue weighted by Crippen LogP contribution is 2.45. The summed E-state index contributed by atoms with van der Waals surface area (Å²) in [4.78, 5) is 72.5. The van der Waals surface area contributed by atoms with Crippen molar-refractivity contribution >= 4 is 39.5 Å². The number of esters is 4. The zero-order chi connectivity index (χ0) is 66.5. The lowest BCUT2D eigenvalue weighted by Crippen LogP contribution is -2.30. The number of rotatable bonds is 70. The first-order valence-corrected chi connectivity index (χ1v) is 40.0. The maximum atomic E-state index is 13.0. The molecule has 0 aliphatic carbocycles. The first-order valence-electron chi connectivity index (χ1n) is 37.0. The van der Waals surface area contributed by atoms with Crippen LogP contribution in [0.3, 0.4) is 0 Å². The molecule has 90 heavy (non-hydrogen) atoms. The smallest absolute Gasteiger partial charge is 0.462 e. The number of phosphoric acid groups is 2. The van der Waals surface area contributed by atoms with E-state index in [1.54, 1.807) is 0 Å². The molecule has 0 spiro atoms. The van der Waals surface area contributed by atoms with E-state index >= 15 is 0 Å². The summed E-state index contributed by atoms with van der Waals surface area (Å²) in [5.41, 5.74) is 0. The van der Waals surface area contributed by atoms with E-state index in [0.717, 1.165) is 108 Å². The number of aliphatic hydroxyl groups is 1. The summed E-state index contributed by atoms with van der Waals surface area (Å²) in [7, 11) is -9.90. The molecular weight excluding hydrogens is 1190 g/mol. The van der Waals surface area contributed by atoms with Gasteiger partial charge in [0.2, 0.25) is 0 Å². The first kappa shape index (κ1) is 88.1. The fourth-order valence-electron chi connectivity index (χ4n) is 10.8. The summed E-state index contributed by atoms with van der Waals surface area (Å²) in [5.74, 6) is -0.601. The van der Waals surface area contributed by atoms with Crippen LogP contribution >= 0.6 is 15.6 Å². The van der Waals surface area contributed by atoms with Crippen LogP contribution < -0.4 is 0 Å². The first-order chi connectivity index (χ1) is 43.4. The van der Waals surface area contributed by atoms with Crippen LogP contribution in [0.5, 0.6) is 0 Å². The van der Waals surface area contributed by atoms with Crippen LogP contribution in [0.2, 0.25) is 0 Å². The fraction of sp³-hybridized carbons (Fsp3) is 0.944. The number of hydrogen-bond donors (Lipinski definition) is 3. The Labute approximate surface area is 549 Å². The molecule has 0 saturated carbocycles. The number of unbranched alkanes of at least 4 members (excludes halogenated alkanes) is 40. The van der Waals surface area contributed by atoms with E-state index in [0.29, 0.717) is 25.7 Å². The molecule has 0 aliphatic heterocycles. The van der Waals surface area contributed by atoms with Crippen molar-refractivity contribution in [2.24, 2.45) is 11.8 Å². The molecular formula is C71H138O17P2. The van der Waals surface area contributed by atoms with Crippen LogP contribution in [0.4, 0.5) is 0 Å². The molecule has 19 heteroatoms. The minimum Gasteiger partial charge on any atom is -0.462 e. The van der Waals surface area contributed by atoms with E-state index in [4.69, 9.17) is 37.0 Å². The van der Waals surface area contributed by atoms with Gasteiger partial charge in [-0.3, -0.25) is 37.3 Å². The Kier molecular flexibility index (Phi) is 61.8. The van der Waals surface area contributed by atoms with Crippen molar-refractivity contribution in [2.45, 2.75) is 381 Å². The van der Waals surface area contributed by atoms with Crippen molar-refractivity contribution in [2.75, 3.05) is 39.6 Å². The summed E-state index contributed by atoms with van der Waals surface area (Å²) in [6, 6.07) is 0. The second-order valence-corrected chi connectivity index (χ2v) is 29.5. The van der Waals surface area contributed by atoms with Gasteiger partial charge in [-0.15, -0.1) is 0 Å². The number of phosphoric ester groups is 2. The van der Waals surface area contributed by atoms with Gasteiger partial charge < -0.3 is 33.8 Å². The molecule has 3 N–H and O–H groups in total. The maximum Gasteiger partial charge on any atom is 0.472 e. The molecule has 0 saturated heterocycles. The van der Waals surface area contributed by atoms with Crippen LogP contribution in [0.25, 0.3) is 0 Å². The lowest BCUT2D eigenvalue weighted by molar-refractivity contribution is -0.161. The molecule has 5 atom stereocenters. The molecule has 0 radical (unpaired) electrons. The Balaban J connectivity index is 5.23. The van der Waals surface area contributed by atoms with Gasteiger partial charge >= 0.3 is 39.5 Å². The quantitative estimate of drug-likeness (QED) is 0.0222. The SMILES string of the molecule is CCCCCCCCCCCCCCCCC(=O)OC[C@H](COP(=O)(O)OC[C@@H](O)COP(=O)(O)OC[C@@H](COC(=O)CCCCCCCCCC)OC(=O)CCCCCCCCCCCC(C)C)OC(=O)CCCCCCCCCCCCCCCC(C)C. The molecule has 0 heterocycles. The summed E-state index contributed by atoms with van der Waals surface area (Å²) < 4.78 is 68.3. The molecule has 0 amide bonds. The minimum atomic E-state index is -4.95. The average molecular weight is 1330 g/mol. The van der Waals surface area contributed by atoms with Crippen LogP contribution in [0.15, 0.2) is 0 Å². The van der Waals surface area contributed by atoms with E-state index in [1.165, 1.54) is 173 Å². The molecule has 0 fully saturated rings. The van der Waals surface area contributed by atoms with Crippen LogP contribution in [-0.4, -0.2) is 96.7 Å². The average Bonchev–Trinajstić information content (AvgIpc) is 3.71. The second-order valence-electron chi connectivity index (χ2n) is 26.6. The molecule has 0 aromatic rings. The lowest BCUT2D eigenvalue weighted by atomic mass is 10.0. The second kappa shape index (κ2) is 63.1. The molecule has 534 valence electrons. The van der Waals surface area contributed by atoms with Gasteiger partial charge in [0.15, 0.2) is 12.2 Å². The van der Waals surface area contributed by atoms with Gasteiger partial charge in [0.1, 0.15) is 19.3 Å². The van der Waals surface area contributed by atoms with Crippen LogP contribution in [0, 0.1) is 11.8 Å². The number of ether oxygens (including phenoxy) is 4. The predicted molar refractivity (Wildman–Crippen MR) is 363 cm³/mol. The van der Waals surface area contributed by atoms with E-state index in [-0.39, 0.29) is 25.7 Å². The highest BCUT2D eigenvalue weighted by Gasteiger charge is 2.30. The van der Waals surface area contributed by atoms with E-state index < -0.39 is 97.5 Å². The zero-order valence-corrected chi connectivity index (χ0v) is 60.2. The summed E-state index contributed by atoms with van der Waals surface area (Å²) in [6.07, 6.45) is 48.6. The molecule has 0 aliphatic rings. The van der Waals surface area contributed by atoms with Gasteiger partial charge in [-0.1, -0.05) is 311 Å². The molecule has 2 unspecified atom stereocenters. The third kappa shape index (κ3) is 64.8. The number of hydrogen-bond acceptors (Lipinski definition) is 15. The Morgan fingerprint density at radius 2 is 0.511 bits per heavy atom. The minimum absolute atomic E-state index is 0.105. The largest absolute Gasteiger partial charge is 0.472 e. The molecule has 17 nitrogen and oxygen atoms in total. The molecule has 0 rings (SSSR count). The Hall–Kier alpha value is -1.94. The molecule has 0 aromatic heterocycles. The van der Waals surface area contributed by atoms with Gasteiger partial charge in [-0.2, -0.15) is 0 Å². The fourth-order valence-corrected chi connectivity index (χ4v) is 12.3. The topological polar surface area (TPSA) is 237 Å². The van der Waals surface area contributed by atoms with Gasteiger partial charge in [0.25, 0.3) is 0 Å². The lowest BCUT2D eigenvalue weighted by Gasteiger charge is -2.21. The van der Waals surface area contributed by atoms with Gasteiger partial charge in [-0.05, 0) is 37.5 Å². The summed E-state index contributed by atoms with van der Waals surface area (Å²) in [5, 5.41) is 10.6. The van der Waals surface area contributed by atoms with E-state index in [1.807, 2.05) is 0 Å². The highest BCUT2D eigenvalue weighted by atomic mass is 31.2. The molecule has 0 bridgehead atoms. The van der Waals surface area contributed by atoms with Gasteiger partial charge in [0, 0.05) is 25.7 Å². The van der Waals surface area contributed by atoms with Crippen molar-refractivity contribution in [1.82, 2.24) is 0 Å². The Morgan fingerprint density at radius 1 is 0.300 bits per heavy atom. The van der Waals surface area contributed by atoms with Crippen molar-refractivity contribution in [1.29, 1.82) is 0 Å².